The molecule has 2 N–H and O–H groups in total. The van der Waals surface area contributed by atoms with Crippen molar-refractivity contribution < 1.29 is 4.79 Å². The summed E-state index contributed by atoms with van der Waals surface area (Å²) in [5.74, 6) is 0. The van der Waals surface area contributed by atoms with E-state index in [2.05, 4.69) is 25.6 Å². The van der Waals surface area contributed by atoms with Crippen LogP contribution in [0.4, 0.5) is 15.6 Å². The van der Waals surface area contributed by atoms with Crippen LogP contribution >= 0.6 is 11.3 Å². The van der Waals surface area contributed by atoms with Gasteiger partial charge >= 0.3 is 6.03 Å². The first-order valence-corrected chi connectivity index (χ1v) is 7.64. The highest BCUT2D eigenvalue weighted by Gasteiger charge is 2.07. The van der Waals surface area contributed by atoms with Gasteiger partial charge in [0.05, 0.1) is 28.1 Å². The van der Waals surface area contributed by atoms with Crippen LogP contribution in [-0.4, -0.2) is 21.0 Å². The number of hydrogen-bond donors (Lipinski definition) is 2. The molecule has 0 bridgehead atoms. The Morgan fingerprint density at radius 1 is 1.00 bits per heavy atom. The van der Waals surface area contributed by atoms with Crippen LogP contribution in [0.5, 0.6) is 0 Å². The second-order valence-electron chi connectivity index (χ2n) is 4.97. The highest BCUT2D eigenvalue weighted by Crippen LogP contribution is 2.19. The van der Waals surface area contributed by atoms with Crippen LogP contribution in [0.2, 0.25) is 0 Å². The number of aromatic nitrogens is 3. The van der Waals surface area contributed by atoms with E-state index in [0.717, 1.165) is 28.1 Å². The molecule has 2 amide bonds. The number of anilines is 2. The maximum absolute atomic E-state index is 12.0. The molecule has 3 aromatic rings. The van der Waals surface area contributed by atoms with Crippen molar-refractivity contribution in [1.29, 1.82) is 0 Å². The molecule has 0 unspecified atom stereocenters. The fraction of sp³-hybridized carbons (Fsp3) is 0.200. The maximum Gasteiger partial charge on any atom is 0.325 e. The molecule has 0 aliphatic heterocycles. The Balaban J connectivity index is 1.78. The number of nitrogens with zero attached hydrogens (tertiary/aromatic N) is 3. The molecule has 0 atom stereocenters. The highest BCUT2D eigenvalue weighted by atomic mass is 32.1. The lowest BCUT2D eigenvalue weighted by atomic mass is 10.2. The molecule has 7 heteroatoms. The quantitative estimate of drug-likeness (QED) is 0.756. The largest absolute Gasteiger partial charge is 0.325 e. The molecule has 1 aromatic carbocycles. The van der Waals surface area contributed by atoms with Crippen molar-refractivity contribution in [3.8, 4) is 0 Å². The van der Waals surface area contributed by atoms with Gasteiger partial charge in [-0.15, -0.1) is 11.3 Å². The fourth-order valence-electron chi connectivity index (χ4n) is 1.98. The summed E-state index contributed by atoms with van der Waals surface area (Å²) in [5.41, 5.74) is 4.90. The van der Waals surface area contributed by atoms with Crippen LogP contribution in [0.1, 0.15) is 17.1 Å². The number of thiazole rings is 1. The first-order valence-electron chi connectivity index (χ1n) is 6.76. The van der Waals surface area contributed by atoms with Crippen LogP contribution in [0.15, 0.2) is 23.6 Å². The molecular weight excluding hydrogens is 298 g/mol. The molecule has 3 rings (SSSR count). The van der Waals surface area contributed by atoms with Crippen LogP contribution in [0, 0.1) is 20.8 Å². The number of urea groups is 1. The molecule has 22 heavy (non-hydrogen) atoms. The molecular formula is C15H15N5OS. The average molecular weight is 313 g/mol. The van der Waals surface area contributed by atoms with Gasteiger partial charge in [0.25, 0.3) is 0 Å². The summed E-state index contributed by atoms with van der Waals surface area (Å²) >= 11 is 1.39. The van der Waals surface area contributed by atoms with E-state index in [0.29, 0.717) is 10.8 Å². The molecule has 2 aromatic heterocycles. The van der Waals surface area contributed by atoms with Crippen molar-refractivity contribution >= 4 is 39.2 Å². The van der Waals surface area contributed by atoms with Crippen molar-refractivity contribution in [2.45, 2.75) is 20.8 Å². The Labute approximate surface area is 131 Å². The summed E-state index contributed by atoms with van der Waals surface area (Å²) < 4.78 is 0. The number of amides is 2. The number of rotatable bonds is 2. The minimum atomic E-state index is -0.328. The standard InChI is InChI=1S/C15H15N5OS/c1-8-7-22-15(16-8)20-14(21)19-11-4-5-12-13(6-11)18-10(3)9(2)17-12/h4-7H,1-3H3,(H2,16,19,20,21). The lowest BCUT2D eigenvalue weighted by molar-refractivity contribution is 0.262. The van der Waals surface area contributed by atoms with Crippen LogP contribution in [0.3, 0.4) is 0 Å². The van der Waals surface area contributed by atoms with Crippen molar-refractivity contribution in [2.75, 3.05) is 10.6 Å². The minimum absolute atomic E-state index is 0.328. The lowest BCUT2D eigenvalue weighted by Crippen LogP contribution is -2.19. The smallest absolute Gasteiger partial charge is 0.308 e. The Hall–Kier alpha value is -2.54. The topological polar surface area (TPSA) is 79.8 Å². The second-order valence-corrected chi connectivity index (χ2v) is 5.83. The van der Waals surface area contributed by atoms with Crippen molar-refractivity contribution in [3.63, 3.8) is 0 Å². The van der Waals surface area contributed by atoms with Gasteiger partial charge in [-0.05, 0) is 39.0 Å². The van der Waals surface area contributed by atoms with Crippen molar-refractivity contribution in [2.24, 2.45) is 0 Å². The minimum Gasteiger partial charge on any atom is -0.308 e. The van der Waals surface area contributed by atoms with Crippen LogP contribution < -0.4 is 10.6 Å². The second kappa shape index (κ2) is 5.69. The zero-order valence-corrected chi connectivity index (χ0v) is 13.3. The third-order valence-corrected chi connectivity index (χ3v) is 4.05. The zero-order valence-electron chi connectivity index (χ0n) is 12.5. The monoisotopic (exact) mass is 313 g/mol. The Morgan fingerprint density at radius 2 is 1.73 bits per heavy atom. The first kappa shape index (κ1) is 14.4. The van der Waals surface area contributed by atoms with E-state index in [1.807, 2.05) is 32.2 Å². The van der Waals surface area contributed by atoms with Gasteiger partial charge in [-0.3, -0.25) is 5.32 Å². The van der Waals surface area contributed by atoms with Gasteiger partial charge in [-0.25, -0.2) is 19.7 Å². The number of benzene rings is 1. The molecule has 0 aliphatic carbocycles. The van der Waals surface area contributed by atoms with E-state index in [4.69, 9.17) is 0 Å². The predicted molar refractivity (Wildman–Crippen MR) is 88.5 cm³/mol. The van der Waals surface area contributed by atoms with E-state index in [1.54, 1.807) is 12.1 Å². The van der Waals surface area contributed by atoms with Crippen LogP contribution in [-0.2, 0) is 0 Å². The molecule has 6 nitrogen and oxygen atoms in total. The number of nitrogens with one attached hydrogen (secondary N) is 2. The van der Waals surface area contributed by atoms with Gasteiger partial charge in [0.2, 0.25) is 0 Å². The average Bonchev–Trinajstić information content (AvgIpc) is 2.85. The summed E-state index contributed by atoms with van der Waals surface area (Å²) in [5, 5.41) is 7.93. The zero-order chi connectivity index (χ0) is 15.7. The third kappa shape index (κ3) is 3.04. The maximum atomic E-state index is 12.0. The van der Waals surface area contributed by atoms with Crippen LogP contribution in [0.25, 0.3) is 11.0 Å². The first-order chi connectivity index (χ1) is 10.5. The lowest BCUT2D eigenvalue weighted by Gasteiger charge is -2.07. The van der Waals surface area contributed by atoms with Gasteiger partial charge < -0.3 is 5.32 Å². The van der Waals surface area contributed by atoms with Gasteiger partial charge in [-0.2, -0.15) is 0 Å². The summed E-state index contributed by atoms with van der Waals surface area (Å²) in [6.07, 6.45) is 0. The van der Waals surface area contributed by atoms with Crippen molar-refractivity contribution in [1.82, 2.24) is 15.0 Å². The third-order valence-electron chi connectivity index (χ3n) is 3.17. The molecule has 2 heterocycles. The molecule has 0 saturated heterocycles. The molecule has 0 radical (unpaired) electrons. The van der Waals surface area contributed by atoms with E-state index in [-0.39, 0.29) is 6.03 Å². The number of carbonyl (C=O) groups is 1. The Kier molecular flexibility index (Phi) is 3.72. The fourth-order valence-corrected chi connectivity index (χ4v) is 2.66. The summed E-state index contributed by atoms with van der Waals surface area (Å²) in [6.45, 7) is 5.72. The number of hydrogen-bond acceptors (Lipinski definition) is 5. The molecule has 0 aliphatic rings. The van der Waals surface area contributed by atoms with E-state index in [1.165, 1.54) is 11.3 Å². The van der Waals surface area contributed by atoms with Gasteiger partial charge in [0.15, 0.2) is 5.13 Å². The summed E-state index contributed by atoms with van der Waals surface area (Å²) in [6, 6.07) is 5.13. The normalized spacial score (nSPS) is 10.7. The van der Waals surface area contributed by atoms with E-state index in [9.17, 15) is 4.79 Å². The molecule has 0 saturated carbocycles. The molecule has 112 valence electrons. The summed E-state index contributed by atoms with van der Waals surface area (Å²) in [7, 11) is 0. The van der Waals surface area contributed by atoms with Gasteiger partial charge in [-0.1, -0.05) is 0 Å². The van der Waals surface area contributed by atoms with E-state index < -0.39 is 0 Å². The SMILES string of the molecule is Cc1csc(NC(=O)Nc2ccc3nc(C)c(C)nc3c2)n1. The van der Waals surface area contributed by atoms with Crippen molar-refractivity contribution in [3.05, 3.63) is 40.7 Å². The highest BCUT2D eigenvalue weighted by molar-refractivity contribution is 7.13. The van der Waals surface area contributed by atoms with Gasteiger partial charge in [0, 0.05) is 11.1 Å². The summed E-state index contributed by atoms with van der Waals surface area (Å²) in [4.78, 5) is 25.1. The van der Waals surface area contributed by atoms with E-state index >= 15 is 0 Å². The van der Waals surface area contributed by atoms with Gasteiger partial charge in [0.1, 0.15) is 0 Å². The Morgan fingerprint density at radius 3 is 2.41 bits per heavy atom. The predicted octanol–water partition coefficient (Wildman–Crippen LogP) is 3.66. The number of carbonyl (C=O) groups excluding carboxylic acids is 1. The number of aryl methyl sites for hydroxylation is 3. The number of fused-ring (bicyclic) bond motifs is 1. The Bertz CT molecular complexity index is 858. The molecule has 0 fully saturated rings. The molecule has 0 spiro atoms.